The van der Waals surface area contributed by atoms with Crippen molar-refractivity contribution in [3.05, 3.63) is 53.6 Å². The second-order valence-corrected chi connectivity index (χ2v) is 4.91. The largest absolute Gasteiger partial charge is 0.493 e. The molecule has 0 saturated heterocycles. The van der Waals surface area contributed by atoms with Crippen molar-refractivity contribution in [2.24, 2.45) is 4.99 Å². The van der Waals surface area contributed by atoms with E-state index in [1.165, 1.54) is 0 Å². The van der Waals surface area contributed by atoms with Gasteiger partial charge in [0.15, 0.2) is 0 Å². The zero-order valence-electron chi connectivity index (χ0n) is 12.4. The lowest BCUT2D eigenvalue weighted by Gasteiger charge is -2.18. The summed E-state index contributed by atoms with van der Waals surface area (Å²) in [5.74, 6) is 0.863. The Morgan fingerprint density at radius 1 is 1.24 bits per heavy atom. The van der Waals surface area contributed by atoms with Gasteiger partial charge in [-0.1, -0.05) is 55.8 Å². The molecule has 0 heterocycles. The molecule has 0 spiro atoms. The van der Waals surface area contributed by atoms with Gasteiger partial charge in [0.1, 0.15) is 5.76 Å². The molecule has 3 heteroatoms. The quantitative estimate of drug-likeness (QED) is 0.345. The van der Waals surface area contributed by atoms with Crippen molar-refractivity contribution in [1.29, 1.82) is 5.26 Å². The van der Waals surface area contributed by atoms with Crippen LogP contribution in [-0.2, 0) is 4.74 Å². The summed E-state index contributed by atoms with van der Waals surface area (Å²) in [5.41, 5.74) is 2.89. The summed E-state index contributed by atoms with van der Waals surface area (Å²) < 4.78 is 6.04. The zero-order chi connectivity index (χ0) is 14.9. The summed E-state index contributed by atoms with van der Waals surface area (Å²) >= 11 is 0. The van der Waals surface area contributed by atoms with Gasteiger partial charge < -0.3 is 4.74 Å². The Hall–Kier alpha value is -2.34. The standard InChI is InChI=1S/C18H20N2O/c1-2-3-13-21-18(15-9-5-4-6-10-15)16-11-7-8-12-17(16)20-14-19/h4-10H,2-3,11-13H2,1H3. The van der Waals surface area contributed by atoms with Crippen LogP contribution in [0.1, 0.15) is 38.2 Å². The van der Waals surface area contributed by atoms with Crippen LogP contribution in [0.3, 0.4) is 0 Å². The molecular weight excluding hydrogens is 260 g/mol. The van der Waals surface area contributed by atoms with E-state index in [1.807, 2.05) is 42.6 Å². The van der Waals surface area contributed by atoms with Crippen LogP contribution >= 0.6 is 0 Å². The Bertz CT molecular complexity index is 591. The van der Waals surface area contributed by atoms with E-state index in [4.69, 9.17) is 10.00 Å². The van der Waals surface area contributed by atoms with Crippen molar-refractivity contribution in [1.82, 2.24) is 0 Å². The second-order valence-electron chi connectivity index (χ2n) is 4.91. The molecule has 0 bridgehead atoms. The fourth-order valence-corrected chi connectivity index (χ4v) is 2.29. The number of hydrogen-bond donors (Lipinski definition) is 0. The van der Waals surface area contributed by atoms with E-state index < -0.39 is 0 Å². The molecule has 1 aliphatic rings. The minimum Gasteiger partial charge on any atom is -0.493 e. The van der Waals surface area contributed by atoms with Crippen molar-refractivity contribution in [3.8, 4) is 6.19 Å². The summed E-state index contributed by atoms with van der Waals surface area (Å²) in [4.78, 5) is 3.97. The van der Waals surface area contributed by atoms with Crippen LogP contribution in [0.4, 0.5) is 0 Å². The number of unbranched alkanes of at least 4 members (excludes halogenated alkanes) is 1. The smallest absolute Gasteiger partial charge is 0.205 e. The van der Waals surface area contributed by atoms with Crippen molar-refractivity contribution >= 4 is 11.5 Å². The number of rotatable bonds is 5. The fraction of sp³-hybridized carbons (Fsp3) is 0.333. The number of hydrogen-bond acceptors (Lipinski definition) is 3. The van der Waals surface area contributed by atoms with Crippen LogP contribution < -0.4 is 0 Å². The van der Waals surface area contributed by atoms with Crippen LogP contribution in [0, 0.1) is 11.5 Å². The third-order valence-corrected chi connectivity index (χ3v) is 3.39. The molecule has 0 unspecified atom stereocenters. The maximum atomic E-state index is 8.88. The minimum absolute atomic E-state index is 0.688. The molecule has 1 aliphatic carbocycles. The zero-order valence-corrected chi connectivity index (χ0v) is 12.4. The summed E-state index contributed by atoms with van der Waals surface area (Å²) in [6.07, 6.45) is 9.63. The third kappa shape index (κ3) is 4.06. The Balaban J connectivity index is 2.41. The first-order valence-corrected chi connectivity index (χ1v) is 7.39. The number of aliphatic imine (C=N–C) groups is 1. The lowest BCUT2D eigenvalue weighted by atomic mass is 9.95. The van der Waals surface area contributed by atoms with Gasteiger partial charge in [-0.2, -0.15) is 10.3 Å². The molecule has 0 aliphatic heterocycles. The number of ether oxygens (including phenoxy) is 1. The summed E-state index contributed by atoms with van der Waals surface area (Å²) in [6.45, 7) is 2.83. The molecule has 0 N–H and O–H groups in total. The maximum absolute atomic E-state index is 8.88. The molecule has 0 atom stereocenters. The molecular formula is C18H20N2O. The molecule has 0 saturated carbocycles. The highest BCUT2D eigenvalue weighted by molar-refractivity contribution is 6.07. The third-order valence-electron chi connectivity index (χ3n) is 3.39. The molecule has 2 rings (SSSR count). The van der Waals surface area contributed by atoms with Gasteiger partial charge in [-0.15, -0.1) is 0 Å². The van der Waals surface area contributed by atoms with Crippen LogP contribution in [0.5, 0.6) is 0 Å². The Morgan fingerprint density at radius 2 is 2.00 bits per heavy atom. The van der Waals surface area contributed by atoms with Crippen molar-refractivity contribution in [3.63, 3.8) is 0 Å². The predicted molar refractivity (Wildman–Crippen MR) is 85.6 cm³/mol. The van der Waals surface area contributed by atoms with Gasteiger partial charge in [-0.25, -0.2) is 0 Å². The van der Waals surface area contributed by atoms with E-state index in [2.05, 4.69) is 18.0 Å². The lowest BCUT2D eigenvalue weighted by Crippen LogP contribution is -2.10. The van der Waals surface area contributed by atoms with E-state index in [1.54, 1.807) is 0 Å². The number of benzene rings is 1. The predicted octanol–water partition coefficient (Wildman–Crippen LogP) is 4.49. The van der Waals surface area contributed by atoms with Crippen LogP contribution in [0.25, 0.3) is 5.76 Å². The topological polar surface area (TPSA) is 45.4 Å². The Labute approximate surface area is 126 Å². The average molecular weight is 280 g/mol. The van der Waals surface area contributed by atoms with E-state index in [0.717, 1.165) is 41.9 Å². The molecule has 1 aromatic carbocycles. The fourth-order valence-electron chi connectivity index (χ4n) is 2.29. The number of allylic oxidation sites excluding steroid dienone is 3. The monoisotopic (exact) mass is 280 g/mol. The van der Waals surface area contributed by atoms with Crippen molar-refractivity contribution in [2.75, 3.05) is 6.61 Å². The molecule has 0 amide bonds. The minimum atomic E-state index is 0.688. The Kier molecular flexibility index (Phi) is 5.78. The average Bonchev–Trinajstić information content (AvgIpc) is 2.54. The molecule has 0 aromatic heterocycles. The molecule has 3 nitrogen and oxygen atoms in total. The van der Waals surface area contributed by atoms with E-state index in [-0.39, 0.29) is 0 Å². The number of nitrogens with zero attached hydrogens (tertiary/aromatic N) is 2. The normalized spacial score (nSPS) is 18.4. The van der Waals surface area contributed by atoms with E-state index in [9.17, 15) is 0 Å². The summed E-state index contributed by atoms with van der Waals surface area (Å²) in [5, 5.41) is 8.88. The first-order valence-electron chi connectivity index (χ1n) is 7.39. The van der Waals surface area contributed by atoms with Gasteiger partial charge in [0, 0.05) is 17.6 Å². The molecule has 108 valence electrons. The molecule has 0 radical (unpaired) electrons. The molecule has 21 heavy (non-hydrogen) atoms. The maximum Gasteiger partial charge on any atom is 0.205 e. The van der Waals surface area contributed by atoms with Crippen molar-refractivity contribution < 1.29 is 4.74 Å². The van der Waals surface area contributed by atoms with Gasteiger partial charge >= 0.3 is 0 Å². The van der Waals surface area contributed by atoms with Crippen LogP contribution in [-0.4, -0.2) is 12.3 Å². The first-order chi connectivity index (χ1) is 10.4. The second kappa shape index (κ2) is 8.06. The van der Waals surface area contributed by atoms with Gasteiger partial charge in [0.25, 0.3) is 0 Å². The first kappa shape index (κ1) is 15.1. The van der Waals surface area contributed by atoms with E-state index >= 15 is 0 Å². The van der Waals surface area contributed by atoms with Gasteiger partial charge in [-0.3, -0.25) is 0 Å². The number of nitriles is 1. The van der Waals surface area contributed by atoms with Gasteiger partial charge in [-0.05, 0) is 12.8 Å². The van der Waals surface area contributed by atoms with Crippen molar-refractivity contribution in [2.45, 2.75) is 32.6 Å². The molecule has 0 fully saturated rings. The van der Waals surface area contributed by atoms with E-state index in [0.29, 0.717) is 13.0 Å². The highest BCUT2D eigenvalue weighted by Gasteiger charge is 2.17. The van der Waals surface area contributed by atoms with Crippen LogP contribution in [0.2, 0.25) is 0 Å². The SMILES string of the molecule is CCCCOC(=C1CC=CCC1=NC#N)c1ccccc1. The highest BCUT2D eigenvalue weighted by atomic mass is 16.5. The highest BCUT2D eigenvalue weighted by Crippen LogP contribution is 2.27. The summed E-state index contributed by atoms with van der Waals surface area (Å²) in [7, 11) is 0. The van der Waals surface area contributed by atoms with Crippen LogP contribution in [0.15, 0.2) is 53.0 Å². The Morgan fingerprint density at radius 3 is 2.71 bits per heavy atom. The lowest BCUT2D eigenvalue weighted by molar-refractivity contribution is 0.268. The molecule has 1 aromatic rings. The summed E-state index contributed by atoms with van der Waals surface area (Å²) in [6, 6.07) is 10.1. The van der Waals surface area contributed by atoms with Gasteiger partial charge in [0.2, 0.25) is 6.19 Å². The van der Waals surface area contributed by atoms with Gasteiger partial charge in [0.05, 0.1) is 12.3 Å².